The van der Waals surface area contributed by atoms with Gasteiger partial charge >= 0.3 is 0 Å². The fourth-order valence-electron chi connectivity index (χ4n) is 2.53. The molecule has 1 aliphatic heterocycles. The number of carbonyl (C=O) groups is 1. The minimum absolute atomic E-state index is 0.147. The smallest absolute Gasteiger partial charge is 0.243 e. The van der Waals surface area contributed by atoms with E-state index in [1.807, 2.05) is 13.8 Å². The maximum absolute atomic E-state index is 12.4. The van der Waals surface area contributed by atoms with Crippen LogP contribution in [0.3, 0.4) is 0 Å². The van der Waals surface area contributed by atoms with Crippen LogP contribution in [0.25, 0.3) is 0 Å². The molecule has 2 aromatic rings. The largest absolute Gasteiger partial charge is 0.367 e. The van der Waals surface area contributed by atoms with Crippen molar-refractivity contribution in [1.29, 1.82) is 0 Å². The predicted octanol–water partition coefficient (Wildman–Crippen LogP) is 0.558. The number of nitrogens with one attached hydrogen (secondary N) is 2. The van der Waals surface area contributed by atoms with Crippen LogP contribution in [0.5, 0.6) is 0 Å². The van der Waals surface area contributed by atoms with Gasteiger partial charge in [0.15, 0.2) is 5.82 Å². The van der Waals surface area contributed by atoms with Crippen molar-refractivity contribution >= 4 is 11.9 Å². The third-order valence-electron chi connectivity index (χ3n) is 4.00. The van der Waals surface area contributed by atoms with Gasteiger partial charge in [-0.15, -0.1) is 0 Å². The molecule has 3 heterocycles. The zero-order valence-corrected chi connectivity index (χ0v) is 13.8. The highest BCUT2D eigenvalue weighted by molar-refractivity contribution is 5.93. The number of hydrogen-bond donors (Lipinski definition) is 2. The molecule has 2 aromatic heterocycles. The highest BCUT2D eigenvalue weighted by Crippen LogP contribution is 2.21. The van der Waals surface area contributed by atoms with E-state index in [1.54, 1.807) is 18.5 Å². The summed E-state index contributed by atoms with van der Waals surface area (Å²) < 4.78 is 5.76. The number of H-pyrrole nitrogens is 1. The van der Waals surface area contributed by atoms with Gasteiger partial charge in [-0.3, -0.25) is 20.1 Å². The van der Waals surface area contributed by atoms with Gasteiger partial charge in [-0.05, 0) is 13.0 Å². The molecule has 9 heteroatoms. The Morgan fingerprint density at radius 1 is 1.50 bits per heavy atom. The summed E-state index contributed by atoms with van der Waals surface area (Å²) >= 11 is 0. The van der Waals surface area contributed by atoms with Gasteiger partial charge in [-0.1, -0.05) is 6.92 Å². The first-order valence-corrected chi connectivity index (χ1v) is 8.02. The highest BCUT2D eigenvalue weighted by Gasteiger charge is 2.30. The number of aryl methyl sites for hydroxylation is 1. The van der Waals surface area contributed by atoms with Crippen LogP contribution in [0, 0.1) is 0 Å². The summed E-state index contributed by atoms with van der Waals surface area (Å²) in [6.45, 7) is 5.63. The molecule has 0 bridgehead atoms. The van der Waals surface area contributed by atoms with Crippen molar-refractivity contribution < 1.29 is 9.53 Å². The lowest BCUT2D eigenvalue weighted by Crippen LogP contribution is -2.48. The van der Waals surface area contributed by atoms with Crippen LogP contribution >= 0.6 is 0 Å². The Labute approximate surface area is 139 Å². The summed E-state index contributed by atoms with van der Waals surface area (Å²) in [7, 11) is 0. The third kappa shape index (κ3) is 3.74. The quantitative estimate of drug-likeness (QED) is 0.824. The molecule has 0 radical (unpaired) electrons. The Morgan fingerprint density at radius 3 is 3.00 bits per heavy atom. The van der Waals surface area contributed by atoms with Crippen molar-refractivity contribution in [1.82, 2.24) is 30.0 Å². The maximum Gasteiger partial charge on any atom is 0.243 e. The van der Waals surface area contributed by atoms with Gasteiger partial charge in [-0.25, -0.2) is 15.0 Å². The van der Waals surface area contributed by atoms with E-state index < -0.39 is 0 Å². The molecular weight excluding hydrogens is 310 g/mol. The summed E-state index contributed by atoms with van der Waals surface area (Å²) in [6.07, 6.45) is 3.73. The molecule has 2 unspecified atom stereocenters. The summed E-state index contributed by atoms with van der Waals surface area (Å²) in [5.74, 6) is 1.63. The molecule has 1 saturated heterocycles. The first-order chi connectivity index (χ1) is 11.7. The zero-order valence-electron chi connectivity index (χ0n) is 13.8. The fraction of sp³-hybridized carbons (Fsp3) is 0.533. The second kappa shape index (κ2) is 7.45. The van der Waals surface area contributed by atoms with Crippen LogP contribution in [-0.2, 0) is 16.0 Å². The van der Waals surface area contributed by atoms with Gasteiger partial charge in [0, 0.05) is 31.9 Å². The van der Waals surface area contributed by atoms with E-state index in [0.29, 0.717) is 31.5 Å². The topological polar surface area (TPSA) is 109 Å². The lowest BCUT2D eigenvalue weighted by molar-refractivity contribution is -0.124. The summed E-state index contributed by atoms with van der Waals surface area (Å²) in [6, 6.07) is 1.37. The zero-order chi connectivity index (χ0) is 16.9. The van der Waals surface area contributed by atoms with E-state index in [2.05, 4.69) is 35.4 Å². The molecule has 0 aliphatic carbocycles. The summed E-state index contributed by atoms with van der Waals surface area (Å²) in [5, 5.41) is 9.83. The van der Waals surface area contributed by atoms with Crippen molar-refractivity contribution in [3.05, 3.63) is 30.1 Å². The number of aromatic amines is 1. The standard InChI is InChI=1S/C15H21N7O2/c1-3-12-18-13(21-20-12)11-9-22(7-8-24-11)10(2)14(23)19-15-16-5-4-6-17-15/h4-6,10-11H,3,7-9H2,1-2H3,(H,18,20,21)(H,16,17,19,23). The Morgan fingerprint density at radius 2 is 2.29 bits per heavy atom. The number of anilines is 1. The first kappa shape index (κ1) is 16.5. The van der Waals surface area contributed by atoms with Crippen molar-refractivity contribution in [3.63, 3.8) is 0 Å². The molecule has 0 spiro atoms. The van der Waals surface area contributed by atoms with Crippen LogP contribution in [0.15, 0.2) is 18.5 Å². The summed E-state index contributed by atoms with van der Waals surface area (Å²) in [5.41, 5.74) is 0. The lowest BCUT2D eigenvalue weighted by atomic mass is 10.2. The molecular formula is C15H21N7O2. The van der Waals surface area contributed by atoms with Gasteiger partial charge in [-0.2, -0.15) is 5.10 Å². The molecule has 1 aliphatic rings. The van der Waals surface area contributed by atoms with Crippen LogP contribution in [0.2, 0.25) is 0 Å². The van der Waals surface area contributed by atoms with Gasteiger partial charge < -0.3 is 4.74 Å². The lowest BCUT2D eigenvalue weighted by Gasteiger charge is -2.34. The van der Waals surface area contributed by atoms with E-state index in [9.17, 15) is 4.79 Å². The van der Waals surface area contributed by atoms with E-state index in [-0.39, 0.29) is 18.1 Å². The van der Waals surface area contributed by atoms with Gasteiger partial charge in [0.05, 0.1) is 12.6 Å². The first-order valence-electron chi connectivity index (χ1n) is 8.02. The average molecular weight is 331 g/mol. The van der Waals surface area contributed by atoms with Crippen LogP contribution in [0.4, 0.5) is 5.95 Å². The predicted molar refractivity (Wildman–Crippen MR) is 86.2 cm³/mol. The molecule has 1 amide bonds. The van der Waals surface area contributed by atoms with Crippen LogP contribution < -0.4 is 5.32 Å². The summed E-state index contributed by atoms with van der Waals surface area (Å²) in [4.78, 5) is 26.9. The number of ether oxygens (including phenoxy) is 1. The second-order valence-corrected chi connectivity index (χ2v) is 5.59. The highest BCUT2D eigenvalue weighted by atomic mass is 16.5. The van der Waals surface area contributed by atoms with E-state index in [4.69, 9.17) is 4.74 Å². The van der Waals surface area contributed by atoms with E-state index >= 15 is 0 Å². The Kier molecular flexibility index (Phi) is 5.11. The van der Waals surface area contributed by atoms with Gasteiger partial charge in [0.1, 0.15) is 11.9 Å². The number of amides is 1. The number of carbonyl (C=O) groups excluding carboxylic acids is 1. The molecule has 3 rings (SSSR count). The normalized spacial score (nSPS) is 19.8. The number of aromatic nitrogens is 5. The minimum Gasteiger partial charge on any atom is -0.367 e. The van der Waals surface area contributed by atoms with Gasteiger partial charge in [0.2, 0.25) is 11.9 Å². The number of nitrogens with zero attached hydrogens (tertiary/aromatic N) is 5. The SMILES string of the molecule is CCc1nc(C2CN(C(C)C(=O)Nc3ncccn3)CCO2)n[nH]1. The van der Waals surface area contributed by atoms with E-state index in [1.165, 1.54) is 0 Å². The molecule has 24 heavy (non-hydrogen) atoms. The average Bonchev–Trinajstić information content (AvgIpc) is 3.11. The minimum atomic E-state index is -0.329. The van der Waals surface area contributed by atoms with Crippen LogP contribution in [-0.4, -0.2) is 61.7 Å². The number of rotatable bonds is 5. The molecule has 128 valence electrons. The van der Waals surface area contributed by atoms with Crippen LogP contribution in [0.1, 0.15) is 31.6 Å². The Bertz CT molecular complexity index is 675. The van der Waals surface area contributed by atoms with Crippen molar-refractivity contribution in [2.24, 2.45) is 0 Å². The molecule has 2 atom stereocenters. The Balaban J connectivity index is 1.62. The number of hydrogen-bond acceptors (Lipinski definition) is 7. The molecule has 1 fully saturated rings. The fourth-order valence-corrected chi connectivity index (χ4v) is 2.53. The maximum atomic E-state index is 12.4. The van der Waals surface area contributed by atoms with Crippen molar-refractivity contribution in [3.8, 4) is 0 Å². The second-order valence-electron chi connectivity index (χ2n) is 5.59. The number of morpholine rings is 1. The van der Waals surface area contributed by atoms with Crippen molar-refractivity contribution in [2.75, 3.05) is 25.0 Å². The monoisotopic (exact) mass is 331 g/mol. The molecule has 0 saturated carbocycles. The molecule has 9 nitrogen and oxygen atoms in total. The Hall–Kier alpha value is -2.39. The molecule has 0 aromatic carbocycles. The third-order valence-corrected chi connectivity index (χ3v) is 4.00. The van der Waals surface area contributed by atoms with E-state index in [0.717, 1.165) is 12.2 Å². The van der Waals surface area contributed by atoms with Gasteiger partial charge in [0.25, 0.3) is 0 Å². The van der Waals surface area contributed by atoms with Crippen molar-refractivity contribution in [2.45, 2.75) is 32.4 Å². The molecule has 2 N–H and O–H groups in total.